The van der Waals surface area contributed by atoms with Crippen LogP contribution >= 0.6 is 0 Å². The minimum absolute atomic E-state index is 0.0292. The van der Waals surface area contributed by atoms with E-state index in [1.807, 2.05) is 25.1 Å². The zero-order chi connectivity index (χ0) is 11.7. The van der Waals surface area contributed by atoms with Crippen LogP contribution in [-0.4, -0.2) is 36.0 Å². The summed E-state index contributed by atoms with van der Waals surface area (Å²) < 4.78 is 4.60. The van der Waals surface area contributed by atoms with Gasteiger partial charge in [0.25, 0.3) is 0 Å². The first-order chi connectivity index (χ1) is 7.66. The highest BCUT2D eigenvalue weighted by Crippen LogP contribution is 2.31. The first-order valence-electron chi connectivity index (χ1n) is 5.12. The maximum Gasteiger partial charge on any atom is 0.410 e. The first kappa shape index (κ1) is 10.7. The number of carbonyl (C=O) groups is 2. The van der Waals surface area contributed by atoms with Gasteiger partial charge in [0, 0.05) is 5.56 Å². The van der Waals surface area contributed by atoms with Gasteiger partial charge in [-0.2, -0.15) is 0 Å². The fourth-order valence-corrected chi connectivity index (χ4v) is 1.85. The lowest BCUT2D eigenvalue weighted by Gasteiger charge is -2.01. The average Bonchev–Trinajstić information content (AvgIpc) is 3.00. The molecule has 1 aromatic rings. The predicted molar refractivity (Wildman–Crippen MR) is 58.3 cm³/mol. The number of hydrogen-bond donors (Lipinski definition) is 0. The van der Waals surface area contributed by atoms with Crippen LogP contribution in [0.25, 0.3) is 0 Å². The Morgan fingerprint density at radius 3 is 2.44 bits per heavy atom. The number of benzene rings is 1. The smallest absolute Gasteiger partial charge is 0.410 e. The molecule has 0 bridgehead atoms. The van der Waals surface area contributed by atoms with E-state index in [0.717, 1.165) is 0 Å². The Morgan fingerprint density at radius 1 is 1.25 bits per heavy atom. The zero-order valence-electron chi connectivity index (χ0n) is 9.21. The van der Waals surface area contributed by atoms with E-state index in [0.29, 0.717) is 5.56 Å². The SMILES string of the molecule is COC(=O)N1C(C)C1C(=O)c1ccccc1. The van der Waals surface area contributed by atoms with Gasteiger partial charge in [0.05, 0.1) is 13.2 Å². The Balaban J connectivity index is 2.12. The molecule has 1 aliphatic heterocycles. The van der Waals surface area contributed by atoms with Crippen LogP contribution in [0.2, 0.25) is 0 Å². The largest absolute Gasteiger partial charge is 0.453 e. The van der Waals surface area contributed by atoms with Gasteiger partial charge in [-0.1, -0.05) is 30.3 Å². The molecule has 2 atom stereocenters. The van der Waals surface area contributed by atoms with Crippen LogP contribution in [0.15, 0.2) is 30.3 Å². The Bertz CT molecular complexity index is 416. The second-order valence-corrected chi connectivity index (χ2v) is 3.79. The van der Waals surface area contributed by atoms with Crippen LogP contribution in [-0.2, 0) is 4.74 Å². The molecule has 84 valence electrons. The predicted octanol–water partition coefficient (Wildman–Crippen LogP) is 1.71. The lowest BCUT2D eigenvalue weighted by atomic mass is 10.1. The fraction of sp³-hybridized carbons (Fsp3) is 0.333. The zero-order valence-corrected chi connectivity index (χ0v) is 9.21. The van der Waals surface area contributed by atoms with E-state index in [1.165, 1.54) is 12.0 Å². The summed E-state index contributed by atoms with van der Waals surface area (Å²) in [4.78, 5) is 24.7. The molecule has 4 heteroatoms. The van der Waals surface area contributed by atoms with E-state index in [2.05, 4.69) is 4.74 Å². The number of Topliss-reactive ketones (excluding diaryl/α,β-unsaturated/α-hetero) is 1. The molecule has 1 aliphatic rings. The minimum Gasteiger partial charge on any atom is -0.453 e. The Hall–Kier alpha value is -1.84. The third-order valence-corrected chi connectivity index (χ3v) is 2.82. The van der Waals surface area contributed by atoms with E-state index >= 15 is 0 Å². The fourth-order valence-electron chi connectivity index (χ4n) is 1.85. The van der Waals surface area contributed by atoms with Crippen molar-refractivity contribution < 1.29 is 14.3 Å². The number of ketones is 1. The van der Waals surface area contributed by atoms with Gasteiger partial charge in [0.2, 0.25) is 0 Å². The quantitative estimate of drug-likeness (QED) is 0.562. The molecular weight excluding hydrogens is 206 g/mol. The average molecular weight is 219 g/mol. The topological polar surface area (TPSA) is 46.4 Å². The second kappa shape index (κ2) is 3.96. The van der Waals surface area contributed by atoms with Gasteiger partial charge in [0.1, 0.15) is 6.04 Å². The van der Waals surface area contributed by atoms with E-state index < -0.39 is 6.09 Å². The van der Waals surface area contributed by atoms with Crippen molar-refractivity contribution in [2.45, 2.75) is 19.0 Å². The Morgan fingerprint density at radius 2 is 1.88 bits per heavy atom. The van der Waals surface area contributed by atoms with Crippen LogP contribution in [0.1, 0.15) is 17.3 Å². The van der Waals surface area contributed by atoms with E-state index in [4.69, 9.17) is 0 Å². The van der Waals surface area contributed by atoms with Crippen molar-refractivity contribution in [3.05, 3.63) is 35.9 Å². The van der Waals surface area contributed by atoms with Gasteiger partial charge in [-0.3, -0.25) is 9.69 Å². The maximum absolute atomic E-state index is 12.0. The number of nitrogens with zero attached hydrogens (tertiary/aromatic N) is 1. The summed E-state index contributed by atoms with van der Waals surface area (Å²) >= 11 is 0. The molecule has 2 unspecified atom stereocenters. The van der Waals surface area contributed by atoms with Crippen molar-refractivity contribution in [2.75, 3.05) is 7.11 Å². The highest BCUT2D eigenvalue weighted by atomic mass is 16.5. The van der Waals surface area contributed by atoms with Crippen LogP contribution < -0.4 is 0 Å². The number of carbonyl (C=O) groups excluding carboxylic acids is 2. The molecule has 0 N–H and O–H groups in total. The highest BCUT2D eigenvalue weighted by molar-refractivity contribution is 6.04. The number of amides is 1. The molecule has 0 aliphatic carbocycles. The van der Waals surface area contributed by atoms with Crippen molar-refractivity contribution in [1.82, 2.24) is 4.90 Å². The second-order valence-electron chi connectivity index (χ2n) is 3.79. The molecule has 16 heavy (non-hydrogen) atoms. The Labute approximate surface area is 93.8 Å². The van der Waals surface area contributed by atoms with Crippen LogP contribution in [0.5, 0.6) is 0 Å². The standard InChI is InChI=1S/C12H13NO3/c1-8-10(13(8)12(15)16-2)11(14)9-6-4-3-5-7-9/h3-8,10H,1-2H3. The molecule has 2 rings (SSSR count). The third kappa shape index (κ3) is 1.66. The summed E-state index contributed by atoms with van der Waals surface area (Å²) in [5.41, 5.74) is 0.630. The molecule has 1 saturated heterocycles. The van der Waals surface area contributed by atoms with E-state index in [9.17, 15) is 9.59 Å². The normalized spacial score (nSPS) is 22.8. The lowest BCUT2D eigenvalue weighted by molar-refractivity contribution is 0.0962. The van der Waals surface area contributed by atoms with Crippen molar-refractivity contribution in [2.24, 2.45) is 0 Å². The highest BCUT2D eigenvalue weighted by Gasteiger charge is 2.53. The van der Waals surface area contributed by atoms with Crippen LogP contribution in [0.3, 0.4) is 0 Å². The van der Waals surface area contributed by atoms with Crippen LogP contribution in [0, 0.1) is 0 Å². The lowest BCUT2D eigenvalue weighted by Crippen LogP contribution is -2.18. The molecule has 0 radical (unpaired) electrons. The van der Waals surface area contributed by atoms with Crippen LogP contribution in [0.4, 0.5) is 4.79 Å². The number of methoxy groups -OCH3 is 1. The molecule has 0 spiro atoms. The van der Waals surface area contributed by atoms with Gasteiger partial charge in [-0.15, -0.1) is 0 Å². The number of rotatable bonds is 2. The minimum atomic E-state index is -0.443. The Kier molecular flexibility index (Phi) is 2.64. The number of hydrogen-bond acceptors (Lipinski definition) is 3. The molecule has 1 aromatic carbocycles. The first-order valence-corrected chi connectivity index (χ1v) is 5.12. The molecule has 4 nitrogen and oxygen atoms in total. The summed E-state index contributed by atoms with van der Waals surface area (Å²) in [6.07, 6.45) is -0.443. The van der Waals surface area contributed by atoms with Crippen molar-refractivity contribution in [1.29, 1.82) is 0 Å². The molecule has 1 fully saturated rings. The maximum atomic E-state index is 12.0. The van der Waals surface area contributed by atoms with Gasteiger partial charge >= 0.3 is 6.09 Å². The summed E-state index contributed by atoms with van der Waals surface area (Å²) in [5.74, 6) is -0.0292. The van der Waals surface area contributed by atoms with Gasteiger partial charge < -0.3 is 4.74 Å². The summed E-state index contributed by atoms with van der Waals surface area (Å²) in [7, 11) is 1.32. The van der Waals surface area contributed by atoms with E-state index in [-0.39, 0.29) is 17.9 Å². The molecular formula is C12H13NO3. The molecule has 1 heterocycles. The monoisotopic (exact) mass is 219 g/mol. The molecule has 0 saturated carbocycles. The third-order valence-electron chi connectivity index (χ3n) is 2.82. The van der Waals surface area contributed by atoms with Crippen molar-refractivity contribution in [3.63, 3.8) is 0 Å². The molecule has 1 amide bonds. The molecule has 0 aromatic heterocycles. The van der Waals surface area contributed by atoms with Gasteiger partial charge in [-0.25, -0.2) is 4.79 Å². The van der Waals surface area contributed by atoms with Crippen molar-refractivity contribution >= 4 is 11.9 Å². The van der Waals surface area contributed by atoms with Gasteiger partial charge in [0.15, 0.2) is 5.78 Å². The summed E-state index contributed by atoms with van der Waals surface area (Å²) in [6, 6.07) is 8.54. The summed E-state index contributed by atoms with van der Waals surface area (Å²) in [6.45, 7) is 1.84. The van der Waals surface area contributed by atoms with E-state index in [1.54, 1.807) is 12.1 Å². The van der Waals surface area contributed by atoms with Gasteiger partial charge in [-0.05, 0) is 6.92 Å². The number of ether oxygens (including phenoxy) is 1. The summed E-state index contributed by atoms with van der Waals surface area (Å²) in [5, 5.41) is 0. The van der Waals surface area contributed by atoms with Crippen molar-refractivity contribution in [3.8, 4) is 0 Å².